The lowest BCUT2D eigenvalue weighted by Crippen LogP contribution is -2.08. The third-order valence-electron chi connectivity index (χ3n) is 3.58. The predicted octanol–water partition coefficient (Wildman–Crippen LogP) is 2.93. The van der Waals surface area contributed by atoms with Gasteiger partial charge in [0.2, 0.25) is 0 Å². The summed E-state index contributed by atoms with van der Waals surface area (Å²) >= 11 is -1.74. The highest BCUT2D eigenvalue weighted by molar-refractivity contribution is 14.2. The van der Waals surface area contributed by atoms with Crippen molar-refractivity contribution < 1.29 is 38.9 Å². The van der Waals surface area contributed by atoms with E-state index in [9.17, 15) is 29.4 Å². The van der Waals surface area contributed by atoms with E-state index in [0.717, 1.165) is 0 Å². The lowest BCUT2D eigenvalue weighted by atomic mass is 10.1. The Kier molecular flexibility index (Phi) is 9.90. The Morgan fingerprint density at radius 2 is 1.21 bits per heavy atom. The summed E-state index contributed by atoms with van der Waals surface area (Å²) in [7, 11) is 0. The van der Waals surface area contributed by atoms with Gasteiger partial charge in [0.05, 0.1) is 11.1 Å². The van der Waals surface area contributed by atoms with Crippen molar-refractivity contribution in [2.75, 3.05) is 0 Å². The van der Waals surface area contributed by atoms with Gasteiger partial charge in [0.15, 0.2) is 12.6 Å². The summed E-state index contributed by atoms with van der Waals surface area (Å²) in [6.45, 7) is 0. The zero-order chi connectivity index (χ0) is 21.2. The van der Waals surface area contributed by atoms with Gasteiger partial charge in [-0.1, -0.05) is 47.9 Å². The number of rotatable bonds is 10. The van der Waals surface area contributed by atoms with Crippen LogP contribution in [0.4, 0.5) is 0 Å². The fourth-order valence-electron chi connectivity index (χ4n) is 2.17. The summed E-state index contributed by atoms with van der Waals surface area (Å²) in [6.07, 6.45) is 5.74. The second-order valence-electron chi connectivity index (χ2n) is 5.77. The molecule has 0 saturated heterocycles. The molecule has 2 aliphatic heterocycles. The molecule has 0 atom stereocenters. The fourth-order valence-corrected chi connectivity index (χ4v) is 5.28. The van der Waals surface area contributed by atoms with Crippen LogP contribution >= 0.6 is 41.5 Å². The molecule has 0 aromatic rings. The van der Waals surface area contributed by atoms with E-state index in [4.69, 9.17) is 9.47 Å². The van der Waals surface area contributed by atoms with Gasteiger partial charge in [-0.3, -0.25) is 19.2 Å². The summed E-state index contributed by atoms with van der Waals surface area (Å²) in [4.78, 5) is 45.3. The van der Waals surface area contributed by atoms with E-state index in [1.807, 2.05) is 0 Å². The van der Waals surface area contributed by atoms with Gasteiger partial charge in [0.25, 0.3) is 0 Å². The van der Waals surface area contributed by atoms with Gasteiger partial charge in [-0.2, -0.15) is 0 Å². The highest BCUT2D eigenvalue weighted by atomic mass is 127. The van der Waals surface area contributed by atoms with Crippen molar-refractivity contribution >= 4 is 73.4 Å². The number of aliphatic hydroxyl groups is 2. The van der Waals surface area contributed by atoms with Crippen molar-refractivity contribution in [1.82, 2.24) is 0 Å². The summed E-state index contributed by atoms with van der Waals surface area (Å²) in [6, 6.07) is 0. The van der Waals surface area contributed by atoms with Crippen molar-refractivity contribution in [3.05, 3.63) is 43.0 Å². The molecule has 2 aliphatic rings. The van der Waals surface area contributed by atoms with E-state index in [-0.39, 0.29) is 42.9 Å². The second-order valence-corrected chi connectivity index (χ2v) is 10.3. The van der Waals surface area contributed by atoms with E-state index in [1.165, 1.54) is 12.2 Å². The molecule has 0 radical (unpaired) electrons. The number of unbranched alkanes of at least 4 members (excludes halogenated alkanes) is 2. The van der Waals surface area contributed by atoms with E-state index in [2.05, 4.69) is 0 Å². The summed E-state index contributed by atoms with van der Waals surface area (Å²) < 4.78 is 13.7. The normalized spacial score (nSPS) is 16.2. The van der Waals surface area contributed by atoms with Crippen LogP contribution in [0.1, 0.15) is 32.1 Å². The lowest BCUT2D eigenvalue weighted by molar-refractivity contribution is -0.139. The molecule has 10 heteroatoms. The molecule has 2 rings (SSSR count). The Morgan fingerprint density at radius 1 is 0.793 bits per heavy atom. The average Bonchev–Trinajstić information content (AvgIpc) is 2.70. The number of hydrogen-bond acceptors (Lipinski definition) is 8. The molecule has 0 fully saturated rings. The van der Waals surface area contributed by atoms with Crippen molar-refractivity contribution in [2.45, 2.75) is 32.1 Å². The Morgan fingerprint density at radius 3 is 1.59 bits per heavy atom. The van der Waals surface area contributed by atoms with Gasteiger partial charge in [-0.15, -0.1) is 0 Å². The minimum absolute atomic E-state index is 0.0455. The number of hydrogen-bond donors (Lipinski definition) is 2. The molecule has 2 N–H and O–H groups in total. The molecule has 8 nitrogen and oxygen atoms in total. The number of esters is 2. The van der Waals surface area contributed by atoms with E-state index in [0.29, 0.717) is 31.8 Å². The smallest absolute Gasteiger partial charge is 0.311 e. The summed E-state index contributed by atoms with van der Waals surface area (Å²) in [5, 5.41) is 19.0. The van der Waals surface area contributed by atoms with Gasteiger partial charge < -0.3 is 19.7 Å². The van der Waals surface area contributed by atoms with E-state index < -0.39 is 53.4 Å². The Hall–Kier alpha value is -1.64. The molecule has 156 valence electrons. The maximum Gasteiger partial charge on any atom is 0.311 e. The minimum Gasteiger partial charge on any atom is -0.426 e. The van der Waals surface area contributed by atoms with Gasteiger partial charge >= 0.3 is 11.9 Å². The topological polar surface area (TPSA) is 127 Å². The Labute approximate surface area is 186 Å². The molecule has 0 bridgehead atoms. The number of halogens is 2. The van der Waals surface area contributed by atoms with Crippen LogP contribution in [-0.2, 0) is 28.7 Å². The quantitative estimate of drug-likeness (QED) is 0.164. The largest absolute Gasteiger partial charge is 0.426 e. The number of aldehydes is 2. The molecule has 0 saturated carbocycles. The zero-order valence-electron chi connectivity index (χ0n) is 15.1. The number of aliphatic hydroxyl groups excluding tert-OH is 2. The average molecular weight is 628 g/mol. The molecule has 0 aromatic heterocycles. The highest BCUT2D eigenvalue weighted by Gasteiger charge is 2.14. The monoisotopic (exact) mass is 628 g/mol. The first-order chi connectivity index (χ1) is 13.9. The number of carbonyl (C=O) groups excluding carboxylic acids is 4. The van der Waals surface area contributed by atoms with Crippen LogP contribution < -0.4 is 0 Å². The van der Waals surface area contributed by atoms with Crippen molar-refractivity contribution in [3.8, 4) is 0 Å². The van der Waals surface area contributed by atoms with Crippen LogP contribution in [0.3, 0.4) is 0 Å². The zero-order valence-corrected chi connectivity index (χ0v) is 19.4. The third kappa shape index (κ3) is 7.95. The first-order valence-electron chi connectivity index (χ1n) is 8.47. The Balaban J connectivity index is 1.65. The molecular weight excluding hydrogens is 610 g/mol. The number of allylic oxidation sites excluding steroid dienone is 2. The van der Waals surface area contributed by atoms with Crippen molar-refractivity contribution in [3.63, 3.8) is 0 Å². The SMILES string of the molecule is O=CC1=CC(OC(=O)CCCCCC(=O)OC2=CI=C(O)C(C=O)=C2)=CI=C1O. The molecule has 0 aromatic carbocycles. The molecule has 29 heavy (non-hydrogen) atoms. The highest BCUT2D eigenvalue weighted by Crippen LogP contribution is 2.22. The minimum atomic E-state index is -0.868. The van der Waals surface area contributed by atoms with Gasteiger partial charge in [0, 0.05) is 21.0 Å². The molecule has 0 amide bonds. The maximum atomic E-state index is 11.8. The molecular formula is C19H18I2O8. The number of carbonyl (C=O) groups is 4. The van der Waals surface area contributed by atoms with Crippen LogP contribution in [0.5, 0.6) is 0 Å². The fraction of sp³-hybridized carbons (Fsp3) is 0.263. The van der Waals surface area contributed by atoms with Gasteiger partial charge in [0.1, 0.15) is 18.9 Å². The third-order valence-corrected chi connectivity index (χ3v) is 7.86. The van der Waals surface area contributed by atoms with E-state index >= 15 is 0 Å². The molecule has 0 unspecified atom stereocenters. The lowest BCUT2D eigenvalue weighted by Gasteiger charge is -2.09. The first-order valence-corrected chi connectivity index (χ1v) is 13.1. The van der Waals surface area contributed by atoms with Gasteiger partial charge in [-0.05, 0) is 25.0 Å². The van der Waals surface area contributed by atoms with E-state index in [1.54, 1.807) is 8.17 Å². The Bertz CT molecular complexity index is 818. The predicted molar refractivity (Wildman–Crippen MR) is 122 cm³/mol. The maximum absolute atomic E-state index is 11.8. The van der Waals surface area contributed by atoms with Crippen LogP contribution in [0, 0.1) is 0 Å². The van der Waals surface area contributed by atoms with Crippen LogP contribution in [0.25, 0.3) is 0 Å². The van der Waals surface area contributed by atoms with Crippen molar-refractivity contribution in [2.24, 2.45) is 0 Å². The van der Waals surface area contributed by atoms with Crippen molar-refractivity contribution in [1.29, 1.82) is 0 Å². The molecule has 2 heterocycles. The van der Waals surface area contributed by atoms with Crippen LogP contribution in [0.15, 0.2) is 43.0 Å². The number of ether oxygens (including phenoxy) is 2. The van der Waals surface area contributed by atoms with Crippen LogP contribution in [-0.4, -0.2) is 42.1 Å². The van der Waals surface area contributed by atoms with Gasteiger partial charge in [-0.25, -0.2) is 0 Å². The molecule has 0 aliphatic carbocycles. The first kappa shape index (κ1) is 23.6. The summed E-state index contributed by atoms with van der Waals surface area (Å²) in [5.41, 5.74) is 0.278. The second kappa shape index (κ2) is 12.1. The van der Waals surface area contributed by atoms with Crippen LogP contribution in [0.2, 0.25) is 0 Å². The standard InChI is InChI=1S/C19H18I2O8/c22-10-12-6-14(8-20-18(12)26)28-16(24)4-2-1-3-5-17(25)29-15-7-13(11-23)19(27)21-9-15/h6-11,26-27H,1-5H2. The molecule has 0 spiro atoms. The summed E-state index contributed by atoms with van der Waals surface area (Å²) in [5.74, 6) is -0.323.